The van der Waals surface area contributed by atoms with E-state index in [0.29, 0.717) is 0 Å². The lowest BCUT2D eigenvalue weighted by Gasteiger charge is -2.32. The Morgan fingerprint density at radius 2 is 0.392 bits per heavy atom. The molecule has 0 unspecified atom stereocenters. The van der Waals surface area contributed by atoms with Crippen molar-refractivity contribution in [3.8, 4) is 46.0 Å². The van der Waals surface area contributed by atoms with Gasteiger partial charge in [-0.05, 0) is 97.3 Å². The van der Waals surface area contributed by atoms with Crippen LogP contribution in [-0.4, -0.2) is 197 Å². The summed E-state index contributed by atoms with van der Waals surface area (Å²) in [5.74, 6) is -19.9. The van der Waals surface area contributed by atoms with Gasteiger partial charge in [0.05, 0.1) is 56.9 Å². The summed E-state index contributed by atoms with van der Waals surface area (Å²) in [6.45, 7) is 27.4. The second kappa shape index (κ2) is 45.4. The van der Waals surface area contributed by atoms with Crippen LogP contribution in [-0.2, 0) is 57.5 Å². The molecule has 0 spiro atoms. The van der Waals surface area contributed by atoms with Crippen LogP contribution in [0.2, 0.25) is 0 Å². The summed E-state index contributed by atoms with van der Waals surface area (Å²) in [7, 11) is 10.9. The van der Waals surface area contributed by atoms with Crippen molar-refractivity contribution in [3.05, 3.63) is 93.0 Å². The molecule has 8 bridgehead atoms. The summed E-state index contributed by atoms with van der Waals surface area (Å²) in [4.78, 5) is 172. The smallest absolute Gasteiger partial charge is 0.326 e. The molecular weight excluding hydrogens is 1550 g/mol. The molecule has 0 radical (unpaired) electrons. The molecule has 0 fully saturated rings. The van der Waals surface area contributed by atoms with Crippen LogP contribution in [0, 0.1) is 47.3 Å². The van der Waals surface area contributed by atoms with Gasteiger partial charge in [0.25, 0.3) is 0 Å². The van der Waals surface area contributed by atoms with Crippen molar-refractivity contribution >= 4 is 71.1 Å². The number of rotatable bonds is 44. The molecule has 664 valence electrons. The van der Waals surface area contributed by atoms with Crippen molar-refractivity contribution in [3.63, 3.8) is 0 Å². The largest absolute Gasteiger partial charge is 0.496 e. The first-order valence-electron chi connectivity index (χ1n) is 40.7. The van der Waals surface area contributed by atoms with E-state index in [0.717, 1.165) is 0 Å². The van der Waals surface area contributed by atoms with Crippen molar-refractivity contribution in [2.75, 3.05) is 56.9 Å². The van der Waals surface area contributed by atoms with Crippen molar-refractivity contribution in [1.29, 1.82) is 0 Å². The van der Waals surface area contributed by atoms with Crippen LogP contribution in [0.4, 0.5) is 0 Å². The third-order valence-electron chi connectivity index (χ3n) is 21.2. The van der Waals surface area contributed by atoms with Gasteiger partial charge in [0, 0.05) is 118 Å². The Hall–Kier alpha value is -11.1. The van der Waals surface area contributed by atoms with E-state index in [1.54, 1.807) is 79.7 Å². The minimum Gasteiger partial charge on any atom is -0.496 e. The third-order valence-corrected chi connectivity index (χ3v) is 21.2. The standard InChI is InChI=1S/C88H128N8O24/c1-41(2)25-61(81(101)93-77(45(9)10)85(105)106)89-73(97)33-49-53-29-55(67(115-19)37-65(53)113-17)50(34-74(98)90-62(26-42(3)4)82(102)94-78(46(11)12)86(107)108)57-31-59(71(119-23)39-69(57)117-21)52(36-76(100)92-64(28-44(7)8)84(104)96-80(48(15)16)88(111)112)60-32-58(70(118-22)40-72(60)120-24)51(56-30-54(49)66(114-18)38-68(56)116-20)35-75(99)91-63(27-43(5)6)83(103)95-79(47(13)14)87(109)110/h29-32,37-52,61-64,77-80H,25-28,33-36H2,1-24H3,(H,89,97)(H,90,98)(H,91,99)(H,92,100)(H,93,101)(H,94,102)(H,95,103)(H,96,104)(H,105,106)(H,107,108)(H,109,110)(H,111,112)/t49?,50?,51?,52?,61-,62-,63-,64-,77-,78-,79-,80-/m0/s1. The zero-order chi connectivity index (χ0) is 90.3. The number of fused-ring (bicyclic) bond motifs is 8. The number of hydrogen-bond donors (Lipinski definition) is 12. The molecule has 1 aliphatic carbocycles. The lowest BCUT2D eigenvalue weighted by atomic mass is 9.77. The molecule has 4 aromatic rings. The molecule has 8 amide bonds. The van der Waals surface area contributed by atoms with Gasteiger partial charge in [0.15, 0.2) is 0 Å². The number of methoxy groups -OCH3 is 8. The summed E-state index contributed by atoms with van der Waals surface area (Å²) >= 11 is 0. The summed E-state index contributed by atoms with van der Waals surface area (Å²) in [5.41, 5.74) is 1.36. The zero-order valence-corrected chi connectivity index (χ0v) is 73.8. The number of ether oxygens (including phenoxy) is 8. The van der Waals surface area contributed by atoms with Gasteiger partial charge in [-0.1, -0.05) is 111 Å². The number of carboxylic acid groups (broad SMARTS) is 4. The topological polar surface area (TPSA) is 456 Å². The summed E-state index contributed by atoms with van der Waals surface area (Å²) in [6.07, 6.45) is -2.35. The van der Waals surface area contributed by atoms with Gasteiger partial charge in [-0.15, -0.1) is 0 Å². The number of aliphatic carboxylic acids is 4. The molecule has 32 nitrogen and oxygen atoms in total. The molecule has 120 heavy (non-hydrogen) atoms. The van der Waals surface area contributed by atoms with Gasteiger partial charge < -0.3 is 101 Å². The monoisotopic (exact) mass is 1680 g/mol. The highest BCUT2D eigenvalue weighted by atomic mass is 16.5. The third kappa shape index (κ3) is 26.5. The van der Waals surface area contributed by atoms with E-state index in [1.807, 2.05) is 55.4 Å². The predicted molar refractivity (Wildman–Crippen MR) is 447 cm³/mol. The van der Waals surface area contributed by atoms with Crippen molar-refractivity contribution in [2.45, 2.75) is 234 Å². The predicted octanol–water partition coefficient (Wildman–Crippen LogP) is 9.18. The average molecular weight is 1680 g/mol. The van der Waals surface area contributed by atoms with Gasteiger partial charge in [-0.2, -0.15) is 0 Å². The minimum atomic E-state index is -1.37. The lowest BCUT2D eigenvalue weighted by Crippen LogP contribution is -2.53. The summed E-state index contributed by atoms with van der Waals surface area (Å²) < 4.78 is 50.8. The Morgan fingerprint density at radius 3 is 0.500 bits per heavy atom. The summed E-state index contributed by atoms with van der Waals surface area (Å²) in [5, 5.41) is 63.3. The normalized spacial score (nSPS) is 16.5. The average Bonchev–Trinajstić information content (AvgIpc) is 0.744. The molecule has 32 heteroatoms. The summed E-state index contributed by atoms with van der Waals surface area (Å²) in [6, 6.07) is 1.79. The molecule has 0 aliphatic heterocycles. The van der Waals surface area contributed by atoms with E-state index in [4.69, 9.17) is 37.9 Å². The number of amides is 8. The Kier molecular flexibility index (Phi) is 37.6. The first-order valence-corrected chi connectivity index (χ1v) is 40.7. The Bertz CT molecular complexity index is 3650. The van der Waals surface area contributed by atoms with Crippen LogP contribution < -0.4 is 80.4 Å². The first kappa shape index (κ1) is 99.5. The molecule has 0 saturated heterocycles. The second-order valence-corrected chi connectivity index (χ2v) is 33.6. The van der Waals surface area contributed by atoms with Crippen LogP contribution in [0.3, 0.4) is 0 Å². The van der Waals surface area contributed by atoms with Crippen molar-refractivity contribution in [1.82, 2.24) is 42.5 Å². The Morgan fingerprint density at radius 1 is 0.250 bits per heavy atom. The van der Waals surface area contributed by atoms with Gasteiger partial charge in [0.1, 0.15) is 94.3 Å². The maximum absolute atomic E-state index is 15.8. The minimum absolute atomic E-state index is 0.0212. The van der Waals surface area contributed by atoms with Gasteiger partial charge >= 0.3 is 23.9 Å². The number of carbonyl (C=O) groups is 12. The van der Waals surface area contributed by atoms with Gasteiger partial charge in [0.2, 0.25) is 47.3 Å². The molecule has 0 aromatic heterocycles. The molecule has 5 rings (SSSR count). The molecule has 0 saturated carbocycles. The van der Waals surface area contributed by atoms with Crippen LogP contribution >= 0.6 is 0 Å². The first-order chi connectivity index (χ1) is 56.3. The SMILES string of the molecule is COc1cc(OC)c2cc1C(CC(=O)N[C@@H](CC(C)C)C(=O)N[C@H](C(=O)O)C(C)C)c1cc(c(OC)cc1OC)C(CC(=O)N[C@@H](CC(C)C)C(=O)N[C@H](C(=O)O)C(C)C)c1cc(c(OC)cc1OC)C(CC(=O)N[C@@H](CC(C)C)C(=O)N[C@H](C(=O)O)C(C)C)c1cc(c(OC)cc1OC)C2CC(=O)N[C@@H](CC(C)C)C(=O)N[C@H](C(=O)O)C(C)C. The highest BCUT2D eigenvalue weighted by Gasteiger charge is 2.41. The molecule has 1 aliphatic rings. The molecular formula is C88H128N8O24. The number of nitrogens with one attached hydrogen (secondary N) is 8. The van der Waals surface area contributed by atoms with Crippen LogP contribution in [0.15, 0.2) is 48.5 Å². The maximum atomic E-state index is 15.8. The van der Waals surface area contributed by atoms with Crippen LogP contribution in [0.25, 0.3) is 0 Å². The van der Waals surface area contributed by atoms with Crippen LogP contribution in [0.1, 0.15) is 230 Å². The Balaban J connectivity index is 2.19. The number of carbonyl (C=O) groups excluding carboxylic acids is 8. The van der Waals surface area contributed by atoms with Crippen molar-refractivity contribution in [2.24, 2.45) is 47.3 Å². The van der Waals surface area contributed by atoms with Crippen molar-refractivity contribution < 1.29 is 116 Å². The number of carboxylic acids is 4. The second-order valence-electron chi connectivity index (χ2n) is 33.6. The van der Waals surface area contributed by atoms with Gasteiger partial charge in [-0.3, -0.25) is 38.4 Å². The highest BCUT2D eigenvalue weighted by molar-refractivity contribution is 5.94. The van der Waals surface area contributed by atoms with E-state index >= 15 is 19.2 Å². The van der Waals surface area contributed by atoms with E-state index in [-0.39, 0.29) is 140 Å². The quantitative estimate of drug-likeness (QED) is 0.0196. The van der Waals surface area contributed by atoms with E-state index in [2.05, 4.69) is 42.5 Å². The van der Waals surface area contributed by atoms with E-state index in [1.165, 1.54) is 81.1 Å². The Labute approximate surface area is 703 Å². The van der Waals surface area contributed by atoms with E-state index in [9.17, 15) is 58.8 Å². The van der Waals surface area contributed by atoms with Crippen LogP contribution in [0.5, 0.6) is 46.0 Å². The number of benzene rings is 4. The molecule has 8 atom stereocenters. The molecule has 4 aromatic carbocycles. The van der Waals surface area contributed by atoms with E-state index < -0.39 is 192 Å². The fourth-order valence-corrected chi connectivity index (χ4v) is 15.2. The highest BCUT2D eigenvalue weighted by Crippen LogP contribution is 2.53. The number of hydrogen-bond acceptors (Lipinski definition) is 20. The fourth-order valence-electron chi connectivity index (χ4n) is 15.2. The zero-order valence-electron chi connectivity index (χ0n) is 73.8. The molecule has 0 heterocycles. The molecule has 12 N–H and O–H groups in total. The van der Waals surface area contributed by atoms with Gasteiger partial charge in [-0.25, -0.2) is 19.2 Å². The maximum Gasteiger partial charge on any atom is 0.326 e. The fraction of sp³-hybridized carbons (Fsp3) is 0.591. The lowest BCUT2D eigenvalue weighted by molar-refractivity contribution is -0.144.